The molecule has 0 unspecified atom stereocenters. The summed E-state index contributed by atoms with van der Waals surface area (Å²) in [5.74, 6) is 0. The molecule has 2 rings (SSSR count). The number of aryl methyl sites for hydroxylation is 1. The molecule has 1 aromatic heterocycles. The molecular formula is C8H10N2. The molecule has 2 heteroatoms. The molecule has 10 heavy (non-hydrogen) atoms. The first kappa shape index (κ1) is 5.47. The lowest BCUT2D eigenvalue weighted by atomic mass is 10.2. The molecule has 2 nitrogen and oxygen atoms in total. The van der Waals surface area contributed by atoms with Crippen LogP contribution in [0.15, 0.2) is 24.3 Å². The van der Waals surface area contributed by atoms with Crippen LogP contribution in [0.25, 0.3) is 10.9 Å². The molecule has 0 aliphatic heterocycles. The Balaban J connectivity index is 0.000000605. The quantitative estimate of drug-likeness (QED) is 0.587. The first-order valence-corrected chi connectivity index (χ1v) is 3.27. The van der Waals surface area contributed by atoms with Crippen LogP contribution in [0.3, 0.4) is 0 Å². The summed E-state index contributed by atoms with van der Waals surface area (Å²) in [5, 5.41) is 8.23. The van der Waals surface area contributed by atoms with Gasteiger partial charge in [0.05, 0.1) is 5.52 Å². The van der Waals surface area contributed by atoms with Crippen LogP contribution in [-0.4, -0.2) is 10.2 Å². The maximum atomic E-state index is 4.09. The third-order valence-corrected chi connectivity index (χ3v) is 1.65. The van der Waals surface area contributed by atoms with Gasteiger partial charge in [-0.25, -0.2) is 0 Å². The highest BCUT2D eigenvalue weighted by atomic mass is 15.1. The number of aromatic amines is 1. The van der Waals surface area contributed by atoms with E-state index in [2.05, 4.69) is 16.3 Å². The van der Waals surface area contributed by atoms with Gasteiger partial charge >= 0.3 is 0 Å². The van der Waals surface area contributed by atoms with Gasteiger partial charge in [-0.3, -0.25) is 5.10 Å². The van der Waals surface area contributed by atoms with Gasteiger partial charge in [-0.2, -0.15) is 5.10 Å². The van der Waals surface area contributed by atoms with Crippen LogP contribution in [0.2, 0.25) is 0 Å². The van der Waals surface area contributed by atoms with Crippen LogP contribution >= 0.6 is 0 Å². The van der Waals surface area contributed by atoms with E-state index < -0.39 is 0 Å². The van der Waals surface area contributed by atoms with Crippen molar-refractivity contribution in [1.29, 1.82) is 0 Å². The molecule has 0 radical (unpaired) electrons. The monoisotopic (exact) mass is 134 g/mol. The summed E-state index contributed by atoms with van der Waals surface area (Å²) < 4.78 is 0. The number of hydrogen-bond acceptors (Lipinski definition) is 1. The molecule has 1 heterocycles. The second-order valence-electron chi connectivity index (χ2n) is 2.37. The molecule has 1 aromatic carbocycles. The lowest BCUT2D eigenvalue weighted by Gasteiger charge is -1.84. The van der Waals surface area contributed by atoms with Gasteiger partial charge in [-0.15, -0.1) is 0 Å². The molecule has 1 N–H and O–H groups in total. The van der Waals surface area contributed by atoms with Crippen molar-refractivity contribution in [2.75, 3.05) is 0 Å². The van der Waals surface area contributed by atoms with Crippen molar-refractivity contribution in [3.63, 3.8) is 0 Å². The Labute approximate surface area is 60.4 Å². The highest BCUT2D eigenvalue weighted by Crippen LogP contribution is 2.12. The zero-order valence-electron chi connectivity index (χ0n) is 5.76. The summed E-state index contributed by atoms with van der Waals surface area (Å²) in [6.07, 6.45) is 0. The number of aromatic nitrogens is 2. The van der Waals surface area contributed by atoms with Gasteiger partial charge in [0.15, 0.2) is 0 Å². The average molecular weight is 134 g/mol. The van der Waals surface area contributed by atoms with E-state index in [9.17, 15) is 0 Å². The number of H-pyrrole nitrogens is 1. The minimum absolute atomic E-state index is 0. The van der Waals surface area contributed by atoms with Crippen molar-refractivity contribution in [2.45, 2.75) is 6.92 Å². The van der Waals surface area contributed by atoms with Crippen molar-refractivity contribution in [2.24, 2.45) is 0 Å². The molecule has 0 amide bonds. The third kappa shape index (κ3) is 0.620. The van der Waals surface area contributed by atoms with Crippen molar-refractivity contribution in [3.05, 3.63) is 30.0 Å². The van der Waals surface area contributed by atoms with E-state index in [0.717, 1.165) is 11.2 Å². The van der Waals surface area contributed by atoms with E-state index in [1.165, 1.54) is 5.39 Å². The number of nitrogens with zero attached hydrogens (tertiary/aromatic N) is 1. The SMILES string of the molecule is Cc1[nH]nc2ccccc12.[HH]. The molecule has 0 aliphatic rings. The van der Waals surface area contributed by atoms with Crippen LogP contribution in [-0.2, 0) is 0 Å². The maximum Gasteiger partial charge on any atom is 0.0923 e. The zero-order chi connectivity index (χ0) is 6.97. The van der Waals surface area contributed by atoms with E-state index in [1.54, 1.807) is 0 Å². The van der Waals surface area contributed by atoms with Gasteiger partial charge in [0.1, 0.15) is 0 Å². The number of nitrogens with one attached hydrogen (secondary N) is 1. The molecule has 0 bridgehead atoms. The Morgan fingerprint density at radius 3 is 3.00 bits per heavy atom. The van der Waals surface area contributed by atoms with Crippen molar-refractivity contribution >= 4 is 10.9 Å². The van der Waals surface area contributed by atoms with E-state index in [-0.39, 0.29) is 1.43 Å². The first-order chi connectivity index (χ1) is 4.88. The molecule has 0 fully saturated rings. The summed E-state index contributed by atoms with van der Waals surface area (Å²) in [6, 6.07) is 8.07. The maximum absolute atomic E-state index is 4.09. The summed E-state index contributed by atoms with van der Waals surface area (Å²) in [4.78, 5) is 0. The summed E-state index contributed by atoms with van der Waals surface area (Å²) in [7, 11) is 0. The van der Waals surface area contributed by atoms with Gasteiger partial charge in [-0.05, 0) is 13.0 Å². The molecule has 0 saturated carbocycles. The van der Waals surface area contributed by atoms with Crippen LogP contribution in [0.1, 0.15) is 7.12 Å². The van der Waals surface area contributed by atoms with Crippen LogP contribution in [0.5, 0.6) is 0 Å². The van der Waals surface area contributed by atoms with Gasteiger partial charge < -0.3 is 0 Å². The van der Waals surface area contributed by atoms with Crippen molar-refractivity contribution in [1.82, 2.24) is 10.2 Å². The van der Waals surface area contributed by atoms with Gasteiger partial charge in [0.25, 0.3) is 0 Å². The average Bonchev–Trinajstić information content (AvgIpc) is 2.34. The fourth-order valence-electron chi connectivity index (χ4n) is 1.09. The second kappa shape index (κ2) is 1.84. The van der Waals surface area contributed by atoms with Crippen LogP contribution < -0.4 is 0 Å². The van der Waals surface area contributed by atoms with E-state index in [1.807, 2.05) is 25.1 Å². The number of hydrogen-bond donors (Lipinski definition) is 1. The Bertz CT molecular complexity index is 354. The van der Waals surface area contributed by atoms with E-state index in [0.29, 0.717) is 0 Å². The topological polar surface area (TPSA) is 28.7 Å². The predicted octanol–water partition coefficient (Wildman–Crippen LogP) is 2.12. The molecule has 0 atom stereocenters. The summed E-state index contributed by atoms with van der Waals surface area (Å²) >= 11 is 0. The first-order valence-electron chi connectivity index (χ1n) is 3.27. The number of fused-ring (bicyclic) bond motifs is 1. The fraction of sp³-hybridized carbons (Fsp3) is 0.125. The standard InChI is InChI=1S/C8H8N2.H2/c1-6-7-4-2-3-5-8(7)10-9-6;/h2-5H,1H3,(H,9,10);1H. The smallest absolute Gasteiger partial charge is 0.0923 e. The number of para-hydroxylation sites is 1. The van der Waals surface area contributed by atoms with Gasteiger partial charge in [0.2, 0.25) is 0 Å². The highest BCUT2D eigenvalue weighted by molar-refractivity contribution is 5.80. The Hall–Kier alpha value is -1.31. The van der Waals surface area contributed by atoms with Gasteiger partial charge in [-0.1, -0.05) is 18.2 Å². The van der Waals surface area contributed by atoms with E-state index in [4.69, 9.17) is 0 Å². The number of rotatable bonds is 0. The molecule has 0 saturated heterocycles. The van der Waals surface area contributed by atoms with E-state index >= 15 is 0 Å². The lowest BCUT2D eigenvalue weighted by Crippen LogP contribution is -1.67. The molecule has 52 valence electrons. The summed E-state index contributed by atoms with van der Waals surface area (Å²) in [6.45, 7) is 2.02. The van der Waals surface area contributed by atoms with Crippen molar-refractivity contribution < 1.29 is 1.43 Å². The van der Waals surface area contributed by atoms with Crippen LogP contribution in [0.4, 0.5) is 0 Å². The largest absolute Gasteiger partial charge is 0.282 e. The van der Waals surface area contributed by atoms with Crippen LogP contribution in [0, 0.1) is 6.92 Å². The minimum atomic E-state index is 0. The van der Waals surface area contributed by atoms with Crippen molar-refractivity contribution in [3.8, 4) is 0 Å². The highest BCUT2D eigenvalue weighted by Gasteiger charge is 1.96. The predicted molar refractivity (Wildman–Crippen MR) is 42.9 cm³/mol. The Morgan fingerprint density at radius 2 is 2.20 bits per heavy atom. The lowest BCUT2D eigenvalue weighted by molar-refractivity contribution is 1.07. The fourth-order valence-corrected chi connectivity index (χ4v) is 1.09. The van der Waals surface area contributed by atoms with Gasteiger partial charge in [0, 0.05) is 12.5 Å². The Kier molecular flexibility index (Phi) is 1.01. The molecule has 2 aromatic rings. The number of benzene rings is 1. The summed E-state index contributed by atoms with van der Waals surface area (Å²) in [5.41, 5.74) is 2.18. The minimum Gasteiger partial charge on any atom is -0.282 e. The zero-order valence-corrected chi connectivity index (χ0v) is 5.76. The molecule has 0 spiro atoms. The molecule has 0 aliphatic carbocycles. The second-order valence-corrected chi connectivity index (χ2v) is 2.37. The molecular weight excluding hydrogens is 124 g/mol. The normalized spacial score (nSPS) is 10.5. The third-order valence-electron chi connectivity index (χ3n) is 1.65. The Morgan fingerprint density at radius 1 is 1.40 bits per heavy atom.